The van der Waals surface area contributed by atoms with Gasteiger partial charge < -0.3 is 19.3 Å². The van der Waals surface area contributed by atoms with Crippen LogP contribution in [0.1, 0.15) is 126 Å². The van der Waals surface area contributed by atoms with Crippen molar-refractivity contribution in [3.8, 4) is 0 Å². The number of hydrogen-bond donors (Lipinski definition) is 1. The highest BCUT2D eigenvalue weighted by Gasteiger charge is 2.66. The molecular formula is C35H58O7. The maximum absolute atomic E-state index is 13.1. The molecule has 0 amide bonds. The van der Waals surface area contributed by atoms with Crippen LogP contribution in [0.3, 0.4) is 0 Å². The Bertz CT molecular complexity index is 980. The maximum Gasteiger partial charge on any atom is 0.335 e. The fourth-order valence-corrected chi connectivity index (χ4v) is 10.2. The molecule has 0 spiro atoms. The van der Waals surface area contributed by atoms with E-state index in [9.17, 15) is 19.5 Å². The van der Waals surface area contributed by atoms with E-state index < -0.39 is 18.2 Å². The van der Waals surface area contributed by atoms with Crippen LogP contribution in [0, 0.1) is 45.8 Å². The van der Waals surface area contributed by atoms with Gasteiger partial charge in [-0.25, -0.2) is 4.79 Å². The summed E-state index contributed by atoms with van der Waals surface area (Å²) in [5.74, 6) is -0.0450. The summed E-state index contributed by atoms with van der Waals surface area (Å²) in [5.41, 5.74) is 0.303. The highest BCUT2D eigenvalue weighted by molar-refractivity contribution is 5.81. The molecule has 42 heavy (non-hydrogen) atoms. The van der Waals surface area contributed by atoms with Crippen molar-refractivity contribution >= 4 is 17.7 Å². The Kier molecular flexibility index (Phi) is 10.6. The molecular weight excluding hydrogens is 532 g/mol. The summed E-state index contributed by atoms with van der Waals surface area (Å²) in [7, 11) is 0. The third kappa shape index (κ3) is 6.48. The molecule has 0 radical (unpaired) electrons. The number of hydrogen-bond acceptors (Lipinski definition) is 7. The lowest BCUT2D eigenvalue weighted by molar-refractivity contribution is -0.177. The van der Waals surface area contributed by atoms with Crippen molar-refractivity contribution in [1.29, 1.82) is 0 Å². The van der Waals surface area contributed by atoms with Gasteiger partial charge in [-0.05, 0) is 111 Å². The van der Waals surface area contributed by atoms with Crippen LogP contribution in [0.4, 0.5) is 0 Å². The van der Waals surface area contributed by atoms with Crippen molar-refractivity contribution in [2.24, 2.45) is 45.8 Å². The molecule has 4 fully saturated rings. The largest absolute Gasteiger partial charge is 0.466 e. The van der Waals surface area contributed by atoms with E-state index in [2.05, 4.69) is 27.7 Å². The zero-order valence-electron chi connectivity index (χ0n) is 27.4. The van der Waals surface area contributed by atoms with Crippen LogP contribution < -0.4 is 0 Å². The predicted octanol–water partition coefficient (Wildman–Crippen LogP) is 6.67. The van der Waals surface area contributed by atoms with Gasteiger partial charge in [-0.15, -0.1) is 0 Å². The molecule has 7 unspecified atom stereocenters. The Morgan fingerprint density at radius 2 is 1.71 bits per heavy atom. The molecule has 0 heterocycles. The molecule has 0 bridgehead atoms. The lowest BCUT2D eigenvalue weighted by atomic mass is 9.40. The quantitative estimate of drug-likeness (QED) is 0.200. The molecule has 7 heteroatoms. The van der Waals surface area contributed by atoms with Crippen LogP contribution in [0.5, 0.6) is 0 Å². The summed E-state index contributed by atoms with van der Waals surface area (Å²) >= 11 is 0. The zero-order chi connectivity index (χ0) is 30.9. The van der Waals surface area contributed by atoms with Crippen LogP contribution in [-0.2, 0) is 28.6 Å². The van der Waals surface area contributed by atoms with Crippen molar-refractivity contribution in [2.45, 2.75) is 144 Å². The van der Waals surface area contributed by atoms with Crippen molar-refractivity contribution in [3.05, 3.63) is 0 Å². The van der Waals surface area contributed by atoms with Gasteiger partial charge in [0.2, 0.25) is 0 Å². The summed E-state index contributed by atoms with van der Waals surface area (Å²) < 4.78 is 17.4. The van der Waals surface area contributed by atoms with Crippen LogP contribution >= 0.6 is 0 Å². The molecule has 0 saturated heterocycles. The fourth-order valence-electron chi connectivity index (χ4n) is 10.2. The highest BCUT2D eigenvalue weighted by Crippen LogP contribution is 2.71. The minimum Gasteiger partial charge on any atom is -0.466 e. The number of carbonyl (C=O) groups excluding carboxylic acids is 3. The summed E-state index contributed by atoms with van der Waals surface area (Å²) in [6.07, 6.45) is 10.9. The van der Waals surface area contributed by atoms with Crippen LogP contribution in [0.15, 0.2) is 0 Å². The molecule has 0 aromatic heterocycles. The maximum atomic E-state index is 13.1. The van der Waals surface area contributed by atoms with E-state index in [0.29, 0.717) is 30.3 Å². The first kappa shape index (κ1) is 33.4. The number of ether oxygens (including phenoxy) is 3. The van der Waals surface area contributed by atoms with Crippen LogP contribution in [0.2, 0.25) is 0 Å². The lowest BCUT2D eigenvalue weighted by Crippen LogP contribution is -2.58. The minimum absolute atomic E-state index is 0.0848. The summed E-state index contributed by atoms with van der Waals surface area (Å²) in [4.78, 5) is 37.3. The second kappa shape index (κ2) is 13.3. The molecule has 11 atom stereocenters. The molecule has 4 rings (SSSR count). The fraction of sp³-hybridized carbons (Fsp3) is 0.914. The second-order valence-electron chi connectivity index (χ2n) is 15.3. The van der Waals surface area contributed by atoms with Gasteiger partial charge in [0.1, 0.15) is 11.9 Å². The number of ketones is 1. The summed E-state index contributed by atoms with van der Waals surface area (Å²) in [6.45, 7) is 15.4. The van der Waals surface area contributed by atoms with E-state index in [0.717, 1.165) is 45.1 Å². The SMILES string of the molecule is CCCCCO[C@H]1CC[C@]2(C)C3CC[C@@]4(C)C(CC(OC(=O)C(O)C[C@H](C)COC(C)=O)C4C(C)=O)C3CCC2(C)C1. The van der Waals surface area contributed by atoms with Crippen molar-refractivity contribution in [2.75, 3.05) is 13.2 Å². The van der Waals surface area contributed by atoms with E-state index in [4.69, 9.17) is 14.2 Å². The van der Waals surface area contributed by atoms with E-state index in [1.54, 1.807) is 6.92 Å². The summed E-state index contributed by atoms with van der Waals surface area (Å²) in [6, 6.07) is 0. The van der Waals surface area contributed by atoms with Gasteiger partial charge >= 0.3 is 11.9 Å². The van der Waals surface area contributed by atoms with E-state index in [1.807, 2.05) is 6.92 Å². The molecule has 7 nitrogen and oxygen atoms in total. The van der Waals surface area contributed by atoms with Gasteiger partial charge in [0.05, 0.1) is 18.6 Å². The molecule has 4 aliphatic rings. The lowest BCUT2D eigenvalue weighted by Gasteiger charge is -2.65. The van der Waals surface area contributed by atoms with Crippen molar-refractivity contribution in [3.63, 3.8) is 0 Å². The number of aliphatic hydroxyl groups excluding tert-OH is 1. The molecule has 0 aliphatic heterocycles. The second-order valence-corrected chi connectivity index (χ2v) is 15.3. The first-order valence-corrected chi connectivity index (χ1v) is 16.9. The van der Waals surface area contributed by atoms with Crippen molar-refractivity contribution in [1.82, 2.24) is 0 Å². The monoisotopic (exact) mass is 590 g/mol. The number of carbonyl (C=O) groups is 3. The molecule has 1 N–H and O–H groups in total. The molecule has 0 aromatic rings. The molecule has 240 valence electrons. The highest BCUT2D eigenvalue weighted by atomic mass is 16.6. The smallest absolute Gasteiger partial charge is 0.335 e. The van der Waals surface area contributed by atoms with Crippen LogP contribution in [0.25, 0.3) is 0 Å². The van der Waals surface area contributed by atoms with Crippen molar-refractivity contribution < 1.29 is 33.7 Å². The standard InChI is InChI=1S/C35H58O7/c1-8-9-10-17-40-25-11-16-35(7)27-13-15-34(6)28(26(27)12-14-33(35,5)20-25)19-30(31(34)23(3)36)42-32(39)29(38)18-22(2)21-41-24(4)37/h22,25-31,38H,8-21H2,1-7H3/t22-,25-,26?,27?,28?,29?,30?,31?,33?,34-,35+/m0/s1. The number of rotatable bonds is 12. The van der Waals surface area contributed by atoms with Gasteiger partial charge in [-0.1, -0.05) is 47.5 Å². The Morgan fingerprint density at radius 3 is 2.38 bits per heavy atom. The van der Waals surface area contributed by atoms with Gasteiger partial charge in [0.15, 0.2) is 6.10 Å². The molecule has 4 aliphatic carbocycles. The number of Topliss-reactive ketones (excluding diaryl/α,β-unsaturated/α-hetero) is 1. The Balaban J connectivity index is 1.45. The average Bonchev–Trinajstić information content (AvgIpc) is 3.22. The van der Waals surface area contributed by atoms with Gasteiger partial charge in [0, 0.05) is 13.5 Å². The summed E-state index contributed by atoms with van der Waals surface area (Å²) in [5, 5.41) is 10.6. The first-order valence-electron chi connectivity index (χ1n) is 16.9. The van der Waals surface area contributed by atoms with E-state index >= 15 is 0 Å². The minimum atomic E-state index is -1.31. The molecule has 4 saturated carbocycles. The number of unbranched alkanes of at least 4 members (excludes halogenated alkanes) is 2. The molecule has 0 aromatic carbocycles. The van der Waals surface area contributed by atoms with E-state index in [-0.39, 0.29) is 52.9 Å². The number of esters is 2. The number of aliphatic hydroxyl groups is 1. The third-order valence-electron chi connectivity index (χ3n) is 12.6. The third-order valence-corrected chi connectivity index (χ3v) is 12.6. The Labute approximate surface area is 254 Å². The zero-order valence-corrected chi connectivity index (χ0v) is 27.4. The Morgan fingerprint density at radius 1 is 0.976 bits per heavy atom. The first-order chi connectivity index (χ1) is 19.8. The van der Waals surface area contributed by atoms with Crippen LogP contribution in [-0.4, -0.2) is 54.4 Å². The van der Waals surface area contributed by atoms with E-state index in [1.165, 1.54) is 32.6 Å². The van der Waals surface area contributed by atoms with Gasteiger partial charge in [0.25, 0.3) is 0 Å². The Hall–Kier alpha value is -1.47. The normalized spacial score (nSPS) is 40.7. The van der Waals surface area contributed by atoms with Gasteiger partial charge in [-0.2, -0.15) is 0 Å². The van der Waals surface area contributed by atoms with Gasteiger partial charge in [-0.3, -0.25) is 9.59 Å². The number of fused-ring (bicyclic) bond motifs is 5. The average molecular weight is 591 g/mol. The topological polar surface area (TPSA) is 99.1 Å². The predicted molar refractivity (Wildman–Crippen MR) is 161 cm³/mol.